The molecular formula is C23H26ClN3O5. The highest BCUT2D eigenvalue weighted by atomic mass is 35.5. The van der Waals surface area contributed by atoms with Crippen LogP contribution in [0.2, 0.25) is 5.02 Å². The first kappa shape index (κ1) is 22.4. The summed E-state index contributed by atoms with van der Waals surface area (Å²) in [5.41, 5.74) is 2.02. The Morgan fingerprint density at radius 1 is 0.969 bits per heavy atom. The second kappa shape index (κ2) is 10.7. The van der Waals surface area contributed by atoms with Gasteiger partial charge in [0.15, 0.2) is 11.5 Å². The molecule has 2 aromatic carbocycles. The van der Waals surface area contributed by atoms with Crippen molar-refractivity contribution in [1.29, 1.82) is 0 Å². The smallest absolute Gasteiger partial charge is 0.309 e. The molecule has 1 fully saturated rings. The molecule has 0 bridgehead atoms. The summed E-state index contributed by atoms with van der Waals surface area (Å²) < 4.78 is 16.4. The van der Waals surface area contributed by atoms with Crippen LogP contribution in [0.4, 0.5) is 0 Å². The Bertz CT molecular complexity index is 947. The van der Waals surface area contributed by atoms with Crippen LogP contribution < -0.4 is 20.1 Å². The summed E-state index contributed by atoms with van der Waals surface area (Å²) in [6.07, 6.45) is 0.615. The first-order chi connectivity index (χ1) is 15.6. The number of nitrogens with zero attached hydrogens (tertiary/aromatic N) is 1. The lowest BCUT2D eigenvalue weighted by atomic mass is 10.0. The maximum Gasteiger partial charge on any atom is 0.309 e. The molecule has 0 radical (unpaired) electrons. The van der Waals surface area contributed by atoms with E-state index in [2.05, 4.69) is 15.5 Å². The Morgan fingerprint density at radius 3 is 2.47 bits per heavy atom. The number of carbonyl (C=O) groups is 2. The van der Waals surface area contributed by atoms with Crippen LogP contribution in [0, 0.1) is 0 Å². The Labute approximate surface area is 191 Å². The van der Waals surface area contributed by atoms with E-state index in [1.807, 2.05) is 30.3 Å². The third-order valence-electron chi connectivity index (χ3n) is 5.54. The number of morpholine rings is 1. The van der Waals surface area contributed by atoms with E-state index in [4.69, 9.17) is 25.8 Å². The van der Waals surface area contributed by atoms with Crippen molar-refractivity contribution in [3.8, 4) is 11.5 Å². The third kappa shape index (κ3) is 5.70. The van der Waals surface area contributed by atoms with Crippen molar-refractivity contribution >= 4 is 23.4 Å². The van der Waals surface area contributed by atoms with Gasteiger partial charge in [-0.3, -0.25) is 14.5 Å². The van der Waals surface area contributed by atoms with Crippen LogP contribution in [0.15, 0.2) is 42.5 Å². The number of hydrogen-bond acceptors (Lipinski definition) is 6. The minimum absolute atomic E-state index is 0.112. The van der Waals surface area contributed by atoms with Gasteiger partial charge >= 0.3 is 11.8 Å². The van der Waals surface area contributed by atoms with Crippen LogP contribution in [-0.2, 0) is 20.7 Å². The summed E-state index contributed by atoms with van der Waals surface area (Å²) in [7, 11) is 0. The van der Waals surface area contributed by atoms with Gasteiger partial charge < -0.3 is 24.8 Å². The Kier molecular flexibility index (Phi) is 7.47. The SMILES string of the molecule is O=C(NCCc1ccc(Cl)cc1)C(=O)NC[C@@H](c1ccc2c(c1)OCO2)N1CCOCC1. The van der Waals surface area contributed by atoms with Crippen LogP contribution >= 0.6 is 11.6 Å². The molecule has 0 saturated carbocycles. The van der Waals surface area contributed by atoms with Crippen molar-refractivity contribution in [2.24, 2.45) is 0 Å². The maximum atomic E-state index is 12.4. The number of nitrogens with one attached hydrogen (secondary N) is 2. The molecule has 2 heterocycles. The van der Waals surface area contributed by atoms with Gasteiger partial charge in [-0.2, -0.15) is 0 Å². The number of carbonyl (C=O) groups excluding carboxylic acids is 2. The van der Waals surface area contributed by atoms with Gasteiger partial charge in [0, 0.05) is 31.2 Å². The van der Waals surface area contributed by atoms with E-state index in [9.17, 15) is 9.59 Å². The van der Waals surface area contributed by atoms with Crippen molar-refractivity contribution in [2.75, 3.05) is 46.2 Å². The fourth-order valence-electron chi connectivity index (χ4n) is 3.79. The lowest BCUT2D eigenvalue weighted by Gasteiger charge is -2.34. The number of amides is 2. The molecule has 1 atom stereocenters. The van der Waals surface area contributed by atoms with Crippen LogP contribution in [-0.4, -0.2) is 62.9 Å². The van der Waals surface area contributed by atoms with Crippen LogP contribution in [0.1, 0.15) is 17.2 Å². The number of halogens is 1. The molecule has 2 aromatic rings. The topological polar surface area (TPSA) is 89.1 Å². The normalized spacial score (nSPS) is 16.4. The molecular weight excluding hydrogens is 434 g/mol. The molecule has 1 saturated heterocycles. The van der Waals surface area contributed by atoms with E-state index in [0.29, 0.717) is 49.2 Å². The molecule has 9 heteroatoms. The summed E-state index contributed by atoms with van der Waals surface area (Å²) in [5.74, 6) is 0.0936. The molecule has 4 rings (SSSR count). The summed E-state index contributed by atoms with van der Waals surface area (Å²) in [6.45, 7) is 3.59. The predicted octanol–water partition coefficient (Wildman–Crippen LogP) is 1.92. The summed E-state index contributed by atoms with van der Waals surface area (Å²) in [6, 6.07) is 13.0. The molecule has 32 heavy (non-hydrogen) atoms. The van der Waals surface area contributed by atoms with Gasteiger partial charge in [-0.05, 0) is 41.8 Å². The molecule has 0 spiro atoms. The highest BCUT2D eigenvalue weighted by Crippen LogP contribution is 2.35. The van der Waals surface area contributed by atoms with Crippen molar-refractivity contribution in [3.05, 3.63) is 58.6 Å². The Hall–Kier alpha value is -2.81. The van der Waals surface area contributed by atoms with E-state index >= 15 is 0 Å². The monoisotopic (exact) mass is 459 g/mol. The molecule has 2 amide bonds. The molecule has 0 unspecified atom stereocenters. The first-order valence-electron chi connectivity index (χ1n) is 10.6. The van der Waals surface area contributed by atoms with Gasteiger partial charge in [-0.25, -0.2) is 0 Å². The summed E-state index contributed by atoms with van der Waals surface area (Å²) in [4.78, 5) is 26.9. The average Bonchev–Trinajstić information content (AvgIpc) is 3.29. The van der Waals surface area contributed by atoms with Gasteiger partial charge in [0.2, 0.25) is 6.79 Å². The van der Waals surface area contributed by atoms with E-state index in [-0.39, 0.29) is 12.8 Å². The Morgan fingerprint density at radius 2 is 1.69 bits per heavy atom. The van der Waals surface area contributed by atoms with Crippen molar-refractivity contribution < 1.29 is 23.8 Å². The van der Waals surface area contributed by atoms with Gasteiger partial charge in [0.05, 0.1) is 19.3 Å². The second-order valence-corrected chi connectivity index (χ2v) is 8.06. The van der Waals surface area contributed by atoms with E-state index in [0.717, 1.165) is 24.2 Å². The fourth-order valence-corrected chi connectivity index (χ4v) is 3.91. The summed E-state index contributed by atoms with van der Waals surface area (Å²) >= 11 is 5.88. The molecule has 170 valence electrons. The van der Waals surface area contributed by atoms with Gasteiger partial charge in [0.25, 0.3) is 0 Å². The molecule has 0 aliphatic carbocycles. The predicted molar refractivity (Wildman–Crippen MR) is 119 cm³/mol. The highest BCUT2D eigenvalue weighted by Gasteiger charge is 2.26. The first-order valence-corrected chi connectivity index (χ1v) is 11.0. The van der Waals surface area contributed by atoms with Gasteiger partial charge in [0.1, 0.15) is 0 Å². The van der Waals surface area contributed by atoms with Gasteiger partial charge in [-0.1, -0.05) is 29.8 Å². The number of fused-ring (bicyclic) bond motifs is 1. The highest BCUT2D eigenvalue weighted by molar-refractivity contribution is 6.35. The number of rotatable bonds is 7. The third-order valence-corrected chi connectivity index (χ3v) is 5.79. The summed E-state index contributed by atoms with van der Waals surface area (Å²) in [5, 5.41) is 6.11. The second-order valence-electron chi connectivity index (χ2n) is 7.62. The average molecular weight is 460 g/mol. The van der Waals surface area contributed by atoms with Crippen LogP contribution in [0.5, 0.6) is 11.5 Å². The molecule has 8 nitrogen and oxygen atoms in total. The zero-order valence-corrected chi connectivity index (χ0v) is 18.4. The van der Waals surface area contributed by atoms with Crippen molar-refractivity contribution in [2.45, 2.75) is 12.5 Å². The standard InChI is InChI=1S/C23H26ClN3O5/c24-18-4-1-16(2-5-18)7-8-25-22(28)23(29)26-14-19(27-9-11-30-12-10-27)17-3-6-20-21(13-17)32-15-31-20/h1-6,13,19H,7-12,14-15H2,(H,25,28)(H,26,29)/t19-/m0/s1. The number of ether oxygens (including phenoxy) is 3. The van der Waals surface area contributed by atoms with Crippen LogP contribution in [0.25, 0.3) is 0 Å². The molecule has 2 N–H and O–H groups in total. The quantitative estimate of drug-likeness (QED) is 0.615. The molecule has 2 aliphatic heterocycles. The zero-order valence-electron chi connectivity index (χ0n) is 17.6. The van der Waals surface area contributed by atoms with E-state index < -0.39 is 11.8 Å². The maximum absolute atomic E-state index is 12.4. The van der Waals surface area contributed by atoms with Gasteiger partial charge in [-0.15, -0.1) is 0 Å². The lowest BCUT2D eigenvalue weighted by molar-refractivity contribution is -0.139. The van der Waals surface area contributed by atoms with E-state index in [1.165, 1.54) is 0 Å². The minimum Gasteiger partial charge on any atom is -0.454 e. The number of benzene rings is 2. The zero-order chi connectivity index (χ0) is 22.3. The van der Waals surface area contributed by atoms with E-state index in [1.54, 1.807) is 12.1 Å². The molecule has 0 aromatic heterocycles. The Balaban J connectivity index is 1.33. The molecule has 2 aliphatic rings. The van der Waals surface area contributed by atoms with Crippen molar-refractivity contribution in [1.82, 2.24) is 15.5 Å². The van der Waals surface area contributed by atoms with Crippen molar-refractivity contribution in [3.63, 3.8) is 0 Å². The van der Waals surface area contributed by atoms with Crippen LogP contribution in [0.3, 0.4) is 0 Å². The fraction of sp³-hybridized carbons (Fsp3) is 0.391. The largest absolute Gasteiger partial charge is 0.454 e. The minimum atomic E-state index is -0.653. The lowest BCUT2D eigenvalue weighted by Crippen LogP contribution is -2.47. The number of hydrogen-bond donors (Lipinski definition) is 2.